The topological polar surface area (TPSA) is 85.9 Å². The molecule has 0 aliphatic rings. The van der Waals surface area contributed by atoms with Crippen molar-refractivity contribution in [2.45, 2.75) is 13.3 Å². The summed E-state index contributed by atoms with van der Waals surface area (Å²) in [6, 6.07) is 2.37. The molecule has 0 radical (unpaired) electrons. The van der Waals surface area contributed by atoms with Crippen LogP contribution in [0.1, 0.15) is 11.4 Å². The molecule has 0 amide bonds. The summed E-state index contributed by atoms with van der Waals surface area (Å²) < 4.78 is 15.1. The Balaban J connectivity index is 2.11. The molecular weight excluding hydrogens is 265 g/mol. The van der Waals surface area contributed by atoms with E-state index < -0.39 is 10.7 Å². The van der Waals surface area contributed by atoms with Gasteiger partial charge in [-0.25, -0.2) is 4.39 Å². The van der Waals surface area contributed by atoms with Crippen LogP contribution in [-0.4, -0.2) is 26.2 Å². The Morgan fingerprint density at radius 3 is 2.85 bits per heavy atom. The number of aryl methyl sites for hydroxylation is 2. The number of hydrogen-bond acceptors (Lipinski definition) is 5. The maximum atomic E-state index is 13.4. The van der Waals surface area contributed by atoms with Crippen LogP contribution in [-0.2, 0) is 13.5 Å². The van der Waals surface area contributed by atoms with E-state index in [1.807, 2.05) is 7.05 Å². The molecule has 1 N–H and O–H groups in total. The number of nitrogens with zero attached hydrogens (tertiary/aromatic N) is 4. The number of rotatable bonds is 5. The van der Waals surface area contributed by atoms with E-state index in [2.05, 4.69) is 15.5 Å². The lowest BCUT2D eigenvalue weighted by atomic mass is 10.1. The van der Waals surface area contributed by atoms with E-state index in [0.29, 0.717) is 24.2 Å². The molecule has 0 saturated heterocycles. The van der Waals surface area contributed by atoms with Gasteiger partial charge in [0, 0.05) is 20.0 Å². The van der Waals surface area contributed by atoms with E-state index in [4.69, 9.17) is 0 Å². The zero-order valence-electron chi connectivity index (χ0n) is 11.1. The lowest BCUT2D eigenvalue weighted by molar-refractivity contribution is -0.384. The summed E-state index contributed by atoms with van der Waals surface area (Å²) >= 11 is 0. The van der Waals surface area contributed by atoms with E-state index in [0.717, 1.165) is 11.9 Å². The Bertz CT molecular complexity index is 641. The molecule has 2 rings (SSSR count). The third-order valence-electron chi connectivity index (χ3n) is 2.94. The Labute approximate surface area is 114 Å². The molecule has 0 bridgehead atoms. The second-order valence-electron chi connectivity index (χ2n) is 4.41. The maximum absolute atomic E-state index is 13.4. The molecule has 0 spiro atoms. The highest BCUT2D eigenvalue weighted by Gasteiger charge is 2.16. The number of nitrogens with one attached hydrogen (secondary N) is 1. The first-order valence-electron chi connectivity index (χ1n) is 6.00. The van der Waals surface area contributed by atoms with Crippen molar-refractivity contribution in [3.63, 3.8) is 0 Å². The van der Waals surface area contributed by atoms with Crippen LogP contribution in [0.5, 0.6) is 0 Å². The number of nitro groups is 1. The molecule has 0 aliphatic heterocycles. The molecule has 8 heteroatoms. The third-order valence-corrected chi connectivity index (χ3v) is 2.94. The van der Waals surface area contributed by atoms with Gasteiger partial charge in [0.15, 0.2) is 0 Å². The first-order chi connectivity index (χ1) is 9.49. The minimum absolute atomic E-state index is 0.272. The van der Waals surface area contributed by atoms with Gasteiger partial charge in [0.1, 0.15) is 23.7 Å². The highest BCUT2D eigenvalue weighted by molar-refractivity contribution is 5.63. The Morgan fingerprint density at radius 2 is 2.25 bits per heavy atom. The molecule has 20 heavy (non-hydrogen) atoms. The average Bonchev–Trinajstić information content (AvgIpc) is 2.79. The van der Waals surface area contributed by atoms with Gasteiger partial charge in [-0.2, -0.15) is 0 Å². The number of halogens is 1. The predicted molar refractivity (Wildman–Crippen MR) is 71.0 cm³/mol. The minimum Gasteiger partial charge on any atom is -0.379 e. The van der Waals surface area contributed by atoms with E-state index >= 15 is 0 Å². The lowest BCUT2D eigenvalue weighted by Crippen LogP contribution is -2.10. The van der Waals surface area contributed by atoms with Crippen molar-refractivity contribution in [2.75, 3.05) is 11.9 Å². The van der Waals surface area contributed by atoms with Gasteiger partial charge in [-0.05, 0) is 18.6 Å². The molecule has 0 atom stereocenters. The van der Waals surface area contributed by atoms with Gasteiger partial charge < -0.3 is 9.88 Å². The zero-order chi connectivity index (χ0) is 14.7. The second-order valence-corrected chi connectivity index (χ2v) is 4.41. The molecule has 0 fully saturated rings. The zero-order valence-corrected chi connectivity index (χ0v) is 11.1. The van der Waals surface area contributed by atoms with Crippen molar-refractivity contribution >= 4 is 11.4 Å². The molecule has 1 heterocycles. The van der Waals surface area contributed by atoms with Crippen LogP contribution in [0.4, 0.5) is 15.8 Å². The second kappa shape index (κ2) is 5.64. The minimum atomic E-state index is -0.604. The van der Waals surface area contributed by atoms with Gasteiger partial charge in [-0.15, -0.1) is 10.2 Å². The summed E-state index contributed by atoms with van der Waals surface area (Å²) in [4.78, 5) is 10.3. The van der Waals surface area contributed by atoms with Gasteiger partial charge >= 0.3 is 0 Å². The summed E-state index contributed by atoms with van der Waals surface area (Å²) in [7, 11) is 1.82. The molecular formula is C12H14FN5O2. The van der Waals surface area contributed by atoms with Crippen LogP contribution in [0.15, 0.2) is 18.5 Å². The van der Waals surface area contributed by atoms with Gasteiger partial charge in [-0.3, -0.25) is 10.1 Å². The Kier molecular flexibility index (Phi) is 3.92. The average molecular weight is 279 g/mol. The van der Waals surface area contributed by atoms with Crippen molar-refractivity contribution in [3.05, 3.63) is 45.8 Å². The fourth-order valence-electron chi connectivity index (χ4n) is 1.81. The highest BCUT2D eigenvalue weighted by atomic mass is 19.1. The monoisotopic (exact) mass is 279 g/mol. The highest BCUT2D eigenvalue weighted by Crippen LogP contribution is 2.27. The lowest BCUT2D eigenvalue weighted by Gasteiger charge is -2.08. The van der Waals surface area contributed by atoms with Gasteiger partial charge in [0.25, 0.3) is 5.69 Å². The molecule has 1 aromatic heterocycles. The molecule has 0 aliphatic carbocycles. The maximum Gasteiger partial charge on any atom is 0.295 e. The smallest absolute Gasteiger partial charge is 0.295 e. The molecule has 0 saturated carbocycles. The van der Waals surface area contributed by atoms with Crippen LogP contribution < -0.4 is 5.32 Å². The van der Waals surface area contributed by atoms with Gasteiger partial charge in [-0.1, -0.05) is 0 Å². The van der Waals surface area contributed by atoms with Crippen molar-refractivity contribution in [3.8, 4) is 0 Å². The van der Waals surface area contributed by atoms with E-state index in [-0.39, 0.29) is 5.69 Å². The van der Waals surface area contributed by atoms with E-state index in [1.54, 1.807) is 17.8 Å². The summed E-state index contributed by atoms with van der Waals surface area (Å²) in [5, 5.41) is 21.5. The number of aromatic nitrogens is 3. The Morgan fingerprint density at radius 1 is 1.50 bits per heavy atom. The fourth-order valence-corrected chi connectivity index (χ4v) is 1.81. The van der Waals surface area contributed by atoms with Crippen molar-refractivity contribution in [1.82, 2.24) is 14.8 Å². The molecule has 106 valence electrons. The summed E-state index contributed by atoms with van der Waals surface area (Å²) in [6.07, 6.45) is 2.14. The van der Waals surface area contributed by atoms with E-state index in [9.17, 15) is 14.5 Å². The first kappa shape index (κ1) is 13.9. The normalized spacial score (nSPS) is 10.6. The fraction of sp³-hybridized carbons (Fsp3) is 0.333. The summed E-state index contributed by atoms with van der Waals surface area (Å²) in [6.45, 7) is 2.01. The number of anilines is 1. The standard InChI is InChI=1S/C12H14FN5O2/c1-8-5-10(11(18(19)20)6-9(8)13)14-4-3-12-16-15-7-17(12)2/h5-7,14H,3-4H2,1-2H3. The van der Waals surface area contributed by atoms with E-state index in [1.165, 1.54) is 6.07 Å². The van der Waals surface area contributed by atoms with Crippen LogP contribution in [0.25, 0.3) is 0 Å². The summed E-state index contributed by atoms with van der Waals surface area (Å²) in [5.74, 6) is 0.175. The van der Waals surface area contributed by atoms with Gasteiger partial charge in [0.2, 0.25) is 0 Å². The van der Waals surface area contributed by atoms with Crippen molar-refractivity contribution < 1.29 is 9.31 Å². The predicted octanol–water partition coefficient (Wildman–Crippen LogP) is 1.83. The van der Waals surface area contributed by atoms with Crippen LogP contribution in [0.2, 0.25) is 0 Å². The SMILES string of the molecule is Cc1cc(NCCc2nncn2C)c([N+](=O)[O-])cc1F. The van der Waals surface area contributed by atoms with Crippen LogP contribution in [0.3, 0.4) is 0 Å². The molecule has 7 nitrogen and oxygen atoms in total. The number of hydrogen-bond donors (Lipinski definition) is 1. The quantitative estimate of drug-likeness (QED) is 0.666. The number of benzene rings is 1. The van der Waals surface area contributed by atoms with Crippen molar-refractivity contribution in [1.29, 1.82) is 0 Å². The van der Waals surface area contributed by atoms with Gasteiger partial charge in [0.05, 0.1) is 11.0 Å². The largest absolute Gasteiger partial charge is 0.379 e. The summed E-state index contributed by atoms with van der Waals surface area (Å²) in [5.41, 5.74) is 0.388. The third kappa shape index (κ3) is 2.90. The molecule has 1 aromatic carbocycles. The Hall–Kier alpha value is -2.51. The van der Waals surface area contributed by atoms with Crippen LogP contribution in [0, 0.1) is 22.9 Å². The molecule has 0 unspecified atom stereocenters. The number of nitro benzene ring substituents is 1. The first-order valence-corrected chi connectivity index (χ1v) is 6.00. The van der Waals surface area contributed by atoms with Crippen LogP contribution >= 0.6 is 0 Å². The molecule has 2 aromatic rings. The van der Waals surface area contributed by atoms with Crippen molar-refractivity contribution in [2.24, 2.45) is 7.05 Å².